The molecule has 1 aliphatic rings. The summed E-state index contributed by atoms with van der Waals surface area (Å²) in [6, 6.07) is 7.48. The predicted molar refractivity (Wildman–Crippen MR) is 66.4 cm³/mol. The maximum Gasteiger partial charge on any atom is 0.176 e. The average Bonchev–Trinajstić information content (AvgIpc) is 2.75. The molecule has 17 heavy (non-hydrogen) atoms. The molecule has 4 nitrogen and oxygen atoms in total. The van der Waals surface area contributed by atoms with Gasteiger partial charge in [-0.25, -0.2) is 0 Å². The highest BCUT2D eigenvalue weighted by molar-refractivity contribution is 5.97. The summed E-state index contributed by atoms with van der Waals surface area (Å²) in [7, 11) is 1.60. The Kier molecular flexibility index (Phi) is 3.76. The first kappa shape index (κ1) is 12.1. The number of nitrogens with zero attached hydrogens (tertiary/aromatic N) is 1. The van der Waals surface area contributed by atoms with Crippen LogP contribution in [0.25, 0.3) is 0 Å². The van der Waals surface area contributed by atoms with Gasteiger partial charge in [-0.2, -0.15) is 0 Å². The lowest BCUT2D eigenvalue weighted by Gasteiger charge is -2.14. The maximum absolute atomic E-state index is 12.0. The van der Waals surface area contributed by atoms with Gasteiger partial charge in [0.15, 0.2) is 5.78 Å². The lowest BCUT2D eigenvalue weighted by molar-refractivity contribution is 0.0944. The summed E-state index contributed by atoms with van der Waals surface area (Å²) < 4.78 is 5.11. The Balaban J connectivity index is 1.99. The topological polar surface area (TPSA) is 55.6 Å². The van der Waals surface area contributed by atoms with E-state index in [4.69, 9.17) is 10.5 Å². The first-order chi connectivity index (χ1) is 8.19. The average molecular weight is 234 g/mol. The fourth-order valence-electron chi connectivity index (χ4n) is 2.10. The SMILES string of the molecule is COc1cccc(C(=O)CN2CC[C@@H](N)C2)c1. The molecule has 1 atom stereocenters. The molecule has 2 N–H and O–H groups in total. The van der Waals surface area contributed by atoms with Gasteiger partial charge in [0.2, 0.25) is 0 Å². The van der Waals surface area contributed by atoms with Gasteiger partial charge in [-0.15, -0.1) is 0 Å². The number of nitrogens with two attached hydrogens (primary N) is 1. The Morgan fingerprint density at radius 1 is 1.59 bits per heavy atom. The van der Waals surface area contributed by atoms with E-state index in [1.165, 1.54) is 0 Å². The number of benzene rings is 1. The van der Waals surface area contributed by atoms with Crippen LogP contribution in [0.2, 0.25) is 0 Å². The highest BCUT2D eigenvalue weighted by atomic mass is 16.5. The van der Waals surface area contributed by atoms with Crippen LogP contribution in [0.3, 0.4) is 0 Å². The maximum atomic E-state index is 12.0. The molecule has 4 heteroatoms. The largest absolute Gasteiger partial charge is 0.497 e. The summed E-state index contributed by atoms with van der Waals surface area (Å²) in [5.41, 5.74) is 6.51. The van der Waals surface area contributed by atoms with Crippen molar-refractivity contribution in [3.05, 3.63) is 29.8 Å². The highest BCUT2D eigenvalue weighted by Crippen LogP contribution is 2.14. The van der Waals surface area contributed by atoms with Gasteiger partial charge in [-0.05, 0) is 18.6 Å². The molecule has 0 radical (unpaired) electrons. The van der Waals surface area contributed by atoms with Gasteiger partial charge in [0.05, 0.1) is 13.7 Å². The fraction of sp³-hybridized carbons (Fsp3) is 0.462. The van der Waals surface area contributed by atoms with Crippen molar-refractivity contribution >= 4 is 5.78 Å². The van der Waals surface area contributed by atoms with E-state index in [2.05, 4.69) is 4.90 Å². The van der Waals surface area contributed by atoms with Gasteiger partial charge in [-0.1, -0.05) is 12.1 Å². The van der Waals surface area contributed by atoms with Crippen LogP contribution in [-0.4, -0.2) is 43.5 Å². The Bertz CT molecular complexity index is 406. The van der Waals surface area contributed by atoms with E-state index in [0.29, 0.717) is 17.9 Å². The van der Waals surface area contributed by atoms with Crippen molar-refractivity contribution in [1.29, 1.82) is 0 Å². The first-order valence-electron chi connectivity index (χ1n) is 5.84. The molecule has 0 aromatic heterocycles. The molecule has 1 aromatic carbocycles. The van der Waals surface area contributed by atoms with E-state index in [1.54, 1.807) is 13.2 Å². The van der Waals surface area contributed by atoms with Crippen LogP contribution in [0.5, 0.6) is 5.75 Å². The van der Waals surface area contributed by atoms with Crippen LogP contribution >= 0.6 is 0 Å². The molecule has 0 bridgehead atoms. The van der Waals surface area contributed by atoms with Crippen LogP contribution in [-0.2, 0) is 0 Å². The zero-order valence-electron chi connectivity index (χ0n) is 10.1. The summed E-state index contributed by atoms with van der Waals surface area (Å²) in [5.74, 6) is 0.840. The first-order valence-corrected chi connectivity index (χ1v) is 5.84. The second kappa shape index (κ2) is 5.29. The number of ether oxygens (including phenoxy) is 1. The molecule has 2 rings (SSSR count). The highest BCUT2D eigenvalue weighted by Gasteiger charge is 2.21. The van der Waals surface area contributed by atoms with Gasteiger partial charge in [0.25, 0.3) is 0 Å². The minimum absolute atomic E-state index is 0.123. The van der Waals surface area contributed by atoms with E-state index in [1.807, 2.05) is 18.2 Å². The third-order valence-corrected chi connectivity index (χ3v) is 3.07. The quantitative estimate of drug-likeness (QED) is 0.787. The summed E-state index contributed by atoms with van der Waals surface area (Å²) in [6.45, 7) is 2.17. The molecule has 0 aliphatic carbocycles. The summed E-state index contributed by atoms with van der Waals surface area (Å²) >= 11 is 0. The van der Waals surface area contributed by atoms with Crippen LogP contribution in [0.4, 0.5) is 0 Å². The molecule has 1 heterocycles. The number of likely N-dealkylation sites (tertiary alicyclic amines) is 1. The molecule has 1 aromatic rings. The second-order valence-corrected chi connectivity index (χ2v) is 4.44. The fourth-order valence-corrected chi connectivity index (χ4v) is 2.10. The monoisotopic (exact) mass is 234 g/mol. The molecule has 0 amide bonds. The number of ketones is 1. The number of carbonyl (C=O) groups excluding carboxylic acids is 1. The van der Waals surface area contributed by atoms with E-state index >= 15 is 0 Å². The van der Waals surface area contributed by atoms with Crippen LogP contribution in [0.15, 0.2) is 24.3 Å². The minimum atomic E-state index is 0.123. The van der Waals surface area contributed by atoms with Crippen molar-refractivity contribution in [2.45, 2.75) is 12.5 Å². The smallest absolute Gasteiger partial charge is 0.176 e. The third kappa shape index (κ3) is 3.05. The molecule has 0 spiro atoms. The number of methoxy groups -OCH3 is 1. The Hall–Kier alpha value is -1.39. The number of carbonyl (C=O) groups is 1. The number of hydrogen-bond donors (Lipinski definition) is 1. The van der Waals surface area contributed by atoms with Crippen molar-refractivity contribution in [1.82, 2.24) is 4.90 Å². The van der Waals surface area contributed by atoms with E-state index in [9.17, 15) is 4.79 Å². The van der Waals surface area contributed by atoms with Crippen LogP contribution in [0.1, 0.15) is 16.8 Å². The molecule has 1 aliphatic heterocycles. The van der Waals surface area contributed by atoms with Gasteiger partial charge in [0.1, 0.15) is 5.75 Å². The number of hydrogen-bond acceptors (Lipinski definition) is 4. The van der Waals surface area contributed by atoms with Crippen molar-refractivity contribution in [3.8, 4) is 5.75 Å². The van der Waals surface area contributed by atoms with Crippen molar-refractivity contribution < 1.29 is 9.53 Å². The van der Waals surface area contributed by atoms with Gasteiger partial charge in [0, 0.05) is 24.7 Å². The molecule has 1 fully saturated rings. The summed E-state index contributed by atoms with van der Waals surface area (Å²) in [6.07, 6.45) is 0.978. The predicted octanol–water partition coefficient (Wildman–Crippen LogP) is 0.911. The van der Waals surface area contributed by atoms with Crippen LogP contribution < -0.4 is 10.5 Å². The zero-order valence-corrected chi connectivity index (χ0v) is 10.1. The molecule has 1 saturated heterocycles. The standard InChI is InChI=1S/C13H18N2O2/c1-17-12-4-2-3-10(7-12)13(16)9-15-6-5-11(14)8-15/h2-4,7,11H,5-6,8-9,14H2,1H3/t11-/m1/s1. The molecule has 0 saturated carbocycles. The zero-order chi connectivity index (χ0) is 12.3. The van der Waals surface area contributed by atoms with Crippen molar-refractivity contribution in [3.63, 3.8) is 0 Å². The van der Waals surface area contributed by atoms with Crippen molar-refractivity contribution in [2.75, 3.05) is 26.7 Å². The Labute approximate surface area is 101 Å². The Morgan fingerprint density at radius 2 is 2.41 bits per heavy atom. The van der Waals surface area contributed by atoms with E-state index in [-0.39, 0.29) is 11.8 Å². The minimum Gasteiger partial charge on any atom is -0.497 e. The summed E-state index contributed by atoms with van der Waals surface area (Å²) in [5, 5.41) is 0. The second-order valence-electron chi connectivity index (χ2n) is 4.44. The lowest BCUT2D eigenvalue weighted by atomic mass is 10.1. The van der Waals surface area contributed by atoms with Gasteiger partial charge < -0.3 is 10.5 Å². The van der Waals surface area contributed by atoms with E-state index in [0.717, 1.165) is 19.5 Å². The van der Waals surface area contributed by atoms with Gasteiger partial charge >= 0.3 is 0 Å². The molecular formula is C13H18N2O2. The number of Topliss-reactive ketones (excluding diaryl/α,β-unsaturated/α-hetero) is 1. The third-order valence-electron chi connectivity index (χ3n) is 3.07. The van der Waals surface area contributed by atoms with Crippen molar-refractivity contribution in [2.24, 2.45) is 5.73 Å². The van der Waals surface area contributed by atoms with Gasteiger partial charge in [-0.3, -0.25) is 9.69 Å². The molecule has 92 valence electrons. The molecular weight excluding hydrogens is 216 g/mol. The lowest BCUT2D eigenvalue weighted by Crippen LogP contribution is -2.31. The van der Waals surface area contributed by atoms with Crippen LogP contribution in [0, 0.1) is 0 Å². The van der Waals surface area contributed by atoms with E-state index < -0.39 is 0 Å². The Morgan fingerprint density at radius 3 is 3.06 bits per heavy atom. The number of rotatable bonds is 4. The normalized spacial score (nSPS) is 20.5. The molecule has 0 unspecified atom stereocenters. The summed E-state index contributed by atoms with van der Waals surface area (Å²) in [4.78, 5) is 14.1.